The molecule has 2 aromatic carbocycles. The van der Waals surface area contributed by atoms with Crippen molar-refractivity contribution in [1.82, 2.24) is 19.9 Å². The Morgan fingerprint density at radius 1 is 1.14 bits per heavy atom. The molecular formula is C20H19F3N4O2. The Bertz CT molecular complexity index is 984. The van der Waals surface area contributed by atoms with E-state index in [1.807, 2.05) is 31.2 Å². The molecule has 3 rings (SSSR count). The first-order chi connectivity index (χ1) is 13.8. The van der Waals surface area contributed by atoms with E-state index in [9.17, 15) is 18.0 Å². The van der Waals surface area contributed by atoms with Crippen molar-refractivity contribution >= 4 is 5.91 Å². The molecule has 0 atom stereocenters. The van der Waals surface area contributed by atoms with Gasteiger partial charge in [-0.25, -0.2) is 4.68 Å². The van der Waals surface area contributed by atoms with E-state index < -0.39 is 17.6 Å². The number of hydrogen-bond acceptors (Lipinski definition) is 4. The Balaban J connectivity index is 1.76. The monoisotopic (exact) mass is 404 g/mol. The summed E-state index contributed by atoms with van der Waals surface area (Å²) in [5, 5.41) is 7.46. The summed E-state index contributed by atoms with van der Waals surface area (Å²) in [7, 11) is 1.58. The summed E-state index contributed by atoms with van der Waals surface area (Å²) in [6, 6.07) is 12.3. The Morgan fingerprint density at radius 2 is 1.83 bits per heavy atom. The van der Waals surface area contributed by atoms with Gasteiger partial charge in [0.25, 0.3) is 5.91 Å². The lowest BCUT2D eigenvalue weighted by Crippen LogP contribution is -2.26. The summed E-state index contributed by atoms with van der Waals surface area (Å²) >= 11 is 0. The van der Waals surface area contributed by atoms with Crippen LogP contribution < -0.4 is 4.74 Å². The molecule has 0 fully saturated rings. The van der Waals surface area contributed by atoms with Gasteiger partial charge in [0.2, 0.25) is 0 Å². The molecule has 6 nitrogen and oxygen atoms in total. The van der Waals surface area contributed by atoms with Crippen molar-refractivity contribution in [3.05, 3.63) is 71.5 Å². The number of amides is 1. The van der Waals surface area contributed by atoms with Crippen molar-refractivity contribution in [2.75, 3.05) is 13.7 Å². The van der Waals surface area contributed by atoms with Crippen LogP contribution in [0.1, 0.15) is 28.5 Å². The predicted octanol–water partition coefficient (Wildman–Crippen LogP) is 3.96. The van der Waals surface area contributed by atoms with Crippen LogP contribution in [0.4, 0.5) is 13.2 Å². The van der Waals surface area contributed by atoms with Crippen molar-refractivity contribution < 1.29 is 22.7 Å². The average Bonchev–Trinajstić information content (AvgIpc) is 3.18. The maximum atomic E-state index is 13.2. The molecule has 29 heavy (non-hydrogen) atoms. The van der Waals surface area contributed by atoms with Gasteiger partial charge in [-0.05, 0) is 36.8 Å². The minimum absolute atomic E-state index is 0.0459. The van der Waals surface area contributed by atoms with Gasteiger partial charge in [0.15, 0.2) is 5.69 Å². The molecule has 152 valence electrons. The largest absolute Gasteiger partial charge is 0.494 e. The lowest BCUT2D eigenvalue weighted by molar-refractivity contribution is -0.137. The summed E-state index contributed by atoms with van der Waals surface area (Å²) in [6.07, 6.45) is -3.35. The van der Waals surface area contributed by atoms with Gasteiger partial charge < -0.3 is 9.64 Å². The Morgan fingerprint density at radius 3 is 2.48 bits per heavy atom. The van der Waals surface area contributed by atoms with Gasteiger partial charge in [0, 0.05) is 13.6 Å². The standard InChI is InChI=1S/C20H19F3N4O2/c1-3-29-15-10-8-14(9-11-15)12-26(2)19(28)17-13-27(25-24-17)18-7-5-4-6-16(18)20(21,22)23/h4-11,13H,3,12H2,1-2H3. The minimum Gasteiger partial charge on any atom is -0.494 e. The number of ether oxygens (including phenoxy) is 1. The summed E-state index contributed by atoms with van der Waals surface area (Å²) in [5.74, 6) is 0.283. The number of halogens is 3. The zero-order chi connectivity index (χ0) is 21.0. The quantitative estimate of drug-likeness (QED) is 0.624. The highest BCUT2D eigenvalue weighted by Crippen LogP contribution is 2.33. The molecule has 0 bridgehead atoms. The van der Waals surface area contributed by atoms with Crippen LogP contribution in [0.3, 0.4) is 0 Å². The fraction of sp³-hybridized carbons (Fsp3) is 0.250. The SMILES string of the molecule is CCOc1ccc(CN(C)C(=O)c2cn(-c3ccccc3C(F)(F)F)nn2)cc1. The molecule has 1 aromatic heterocycles. The Kier molecular flexibility index (Phi) is 5.86. The number of carbonyl (C=O) groups is 1. The van der Waals surface area contributed by atoms with Crippen LogP contribution in [0.2, 0.25) is 0 Å². The highest BCUT2D eigenvalue weighted by atomic mass is 19.4. The van der Waals surface area contributed by atoms with E-state index in [1.165, 1.54) is 29.3 Å². The highest BCUT2D eigenvalue weighted by molar-refractivity contribution is 5.91. The van der Waals surface area contributed by atoms with E-state index in [2.05, 4.69) is 10.3 Å². The second-order valence-corrected chi connectivity index (χ2v) is 6.30. The molecule has 1 amide bonds. The first kappa shape index (κ1) is 20.4. The van der Waals surface area contributed by atoms with Gasteiger partial charge in [-0.15, -0.1) is 5.10 Å². The summed E-state index contributed by atoms with van der Waals surface area (Å²) < 4.78 is 45.9. The number of carbonyl (C=O) groups excluding carboxylic acids is 1. The third-order valence-corrected chi connectivity index (χ3v) is 4.17. The van der Waals surface area contributed by atoms with E-state index in [1.54, 1.807) is 7.05 Å². The van der Waals surface area contributed by atoms with Crippen LogP contribution in [0, 0.1) is 0 Å². The van der Waals surface area contributed by atoms with E-state index in [0.717, 1.165) is 22.1 Å². The van der Waals surface area contributed by atoms with Crippen LogP contribution in [-0.2, 0) is 12.7 Å². The number of nitrogens with zero attached hydrogens (tertiary/aromatic N) is 4. The van der Waals surface area contributed by atoms with E-state index in [-0.39, 0.29) is 11.4 Å². The van der Waals surface area contributed by atoms with Crippen LogP contribution in [0.5, 0.6) is 5.75 Å². The molecule has 0 spiro atoms. The van der Waals surface area contributed by atoms with Gasteiger partial charge in [-0.3, -0.25) is 4.79 Å². The lowest BCUT2D eigenvalue weighted by atomic mass is 10.1. The van der Waals surface area contributed by atoms with E-state index in [0.29, 0.717) is 13.2 Å². The molecule has 1 heterocycles. The first-order valence-corrected chi connectivity index (χ1v) is 8.85. The third-order valence-electron chi connectivity index (χ3n) is 4.17. The second kappa shape index (κ2) is 8.34. The fourth-order valence-corrected chi connectivity index (χ4v) is 2.79. The van der Waals surface area contributed by atoms with Gasteiger partial charge in [0.05, 0.1) is 24.1 Å². The number of aromatic nitrogens is 3. The van der Waals surface area contributed by atoms with Gasteiger partial charge in [-0.2, -0.15) is 13.2 Å². The zero-order valence-corrected chi connectivity index (χ0v) is 15.8. The van der Waals surface area contributed by atoms with Crippen molar-refractivity contribution in [2.24, 2.45) is 0 Å². The smallest absolute Gasteiger partial charge is 0.418 e. The highest BCUT2D eigenvalue weighted by Gasteiger charge is 2.34. The number of alkyl halides is 3. The van der Waals surface area contributed by atoms with E-state index in [4.69, 9.17) is 4.74 Å². The van der Waals surface area contributed by atoms with Crippen LogP contribution in [-0.4, -0.2) is 39.5 Å². The van der Waals surface area contributed by atoms with Crippen LogP contribution >= 0.6 is 0 Å². The number of rotatable bonds is 6. The predicted molar refractivity (Wildman–Crippen MR) is 99.8 cm³/mol. The fourth-order valence-electron chi connectivity index (χ4n) is 2.79. The molecule has 0 aliphatic heterocycles. The molecular weight excluding hydrogens is 385 g/mol. The third kappa shape index (κ3) is 4.74. The molecule has 0 N–H and O–H groups in total. The normalized spacial score (nSPS) is 11.3. The Hall–Kier alpha value is -3.36. The molecule has 0 aliphatic carbocycles. The molecule has 3 aromatic rings. The summed E-state index contributed by atoms with van der Waals surface area (Å²) in [6.45, 7) is 2.75. The summed E-state index contributed by atoms with van der Waals surface area (Å²) in [4.78, 5) is 14.0. The van der Waals surface area contributed by atoms with Gasteiger partial charge in [0.1, 0.15) is 5.75 Å². The minimum atomic E-state index is -4.54. The molecule has 0 saturated heterocycles. The molecule has 0 radical (unpaired) electrons. The Labute approximate surface area is 165 Å². The van der Waals surface area contributed by atoms with Crippen molar-refractivity contribution in [3.8, 4) is 11.4 Å². The van der Waals surface area contributed by atoms with Gasteiger partial charge >= 0.3 is 6.18 Å². The number of hydrogen-bond donors (Lipinski definition) is 0. The maximum Gasteiger partial charge on any atom is 0.418 e. The van der Waals surface area contributed by atoms with Gasteiger partial charge in [-0.1, -0.05) is 29.5 Å². The van der Waals surface area contributed by atoms with Crippen molar-refractivity contribution in [1.29, 1.82) is 0 Å². The van der Waals surface area contributed by atoms with Crippen molar-refractivity contribution in [3.63, 3.8) is 0 Å². The van der Waals surface area contributed by atoms with Crippen molar-refractivity contribution in [2.45, 2.75) is 19.6 Å². The molecule has 9 heteroatoms. The number of benzene rings is 2. The number of para-hydroxylation sites is 1. The average molecular weight is 404 g/mol. The molecule has 0 saturated carbocycles. The summed E-state index contributed by atoms with van der Waals surface area (Å²) in [5.41, 5.74) is -0.220. The van der Waals surface area contributed by atoms with Crippen LogP contribution in [0.25, 0.3) is 5.69 Å². The molecule has 0 unspecified atom stereocenters. The topological polar surface area (TPSA) is 60.2 Å². The second-order valence-electron chi connectivity index (χ2n) is 6.30. The lowest BCUT2D eigenvalue weighted by Gasteiger charge is -2.16. The van der Waals surface area contributed by atoms with E-state index >= 15 is 0 Å². The maximum absolute atomic E-state index is 13.2. The first-order valence-electron chi connectivity index (χ1n) is 8.85. The van der Waals surface area contributed by atoms with Crippen LogP contribution in [0.15, 0.2) is 54.7 Å². The zero-order valence-electron chi connectivity index (χ0n) is 15.8. The molecule has 0 aliphatic rings.